The predicted molar refractivity (Wildman–Crippen MR) is 137 cm³/mol. The zero-order valence-corrected chi connectivity index (χ0v) is 20.1. The summed E-state index contributed by atoms with van der Waals surface area (Å²) < 4.78 is 21.8. The van der Waals surface area contributed by atoms with Crippen molar-refractivity contribution in [1.82, 2.24) is 29.9 Å². The number of benzene rings is 2. The van der Waals surface area contributed by atoms with Gasteiger partial charge >= 0.3 is 6.01 Å². The predicted octanol–water partition coefficient (Wildman–Crippen LogP) is 3.04. The van der Waals surface area contributed by atoms with Crippen molar-refractivity contribution in [2.24, 2.45) is 12.8 Å². The number of halogens is 1. The second-order valence-corrected chi connectivity index (χ2v) is 8.63. The van der Waals surface area contributed by atoms with E-state index in [-0.39, 0.29) is 29.7 Å². The van der Waals surface area contributed by atoms with Gasteiger partial charge in [0.15, 0.2) is 5.82 Å². The summed E-state index contributed by atoms with van der Waals surface area (Å²) in [5, 5.41) is 18.9. The van der Waals surface area contributed by atoms with E-state index in [1.165, 1.54) is 10.7 Å². The fourth-order valence-corrected chi connectivity index (χ4v) is 3.82. The molecule has 0 saturated carbocycles. The molecule has 0 unspecified atom stereocenters. The van der Waals surface area contributed by atoms with Crippen molar-refractivity contribution in [3.05, 3.63) is 72.1 Å². The summed E-state index contributed by atoms with van der Waals surface area (Å²) in [5.41, 5.74) is 8.57. The summed E-state index contributed by atoms with van der Waals surface area (Å²) in [6, 6.07) is 8.07. The van der Waals surface area contributed by atoms with E-state index in [9.17, 15) is 9.18 Å². The van der Waals surface area contributed by atoms with Crippen LogP contribution in [0.2, 0.25) is 0 Å². The molecule has 0 bridgehead atoms. The van der Waals surface area contributed by atoms with Crippen LogP contribution < -0.4 is 21.1 Å². The molecule has 11 nitrogen and oxygen atoms in total. The van der Waals surface area contributed by atoms with Crippen LogP contribution in [0.3, 0.4) is 0 Å². The lowest BCUT2D eigenvalue weighted by Gasteiger charge is -2.14. The Hall–Kier alpha value is -4.71. The average Bonchev–Trinajstić information content (AvgIpc) is 3.27. The van der Waals surface area contributed by atoms with Gasteiger partial charge in [-0.1, -0.05) is 0 Å². The zero-order chi connectivity index (χ0) is 25.9. The van der Waals surface area contributed by atoms with Crippen molar-refractivity contribution in [2.45, 2.75) is 19.6 Å². The van der Waals surface area contributed by atoms with Gasteiger partial charge in [0, 0.05) is 65.9 Å². The Morgan fingerprint density at radius 3 is 2.84 bits per heavy atom. The number of nitrogens with zero attached hydrogens (tertiary/aromatic N) is 6. The van der Waals surface area contributed by atoms with Gasteiger partial charge in [0.05, 0.1) is 17.3 Å². The maximum atomic E-state index is 14.6. The standard InChI is InChI=1S/C25H24FN9O2/c1-14(27)9-28-21-4-3-18(24(36)32-17-7-16-12-35(2)34-22(16)20(26)8-17)23-19(21)11-29-25(33-23)37-13-15-5-6-30-31-10-15/h3-8,10-12,14,28H,9,13,27H2,1-2H3,(H,32,36)/t14-/m0/s1. The van der Waals surface area contributed by atoms with Crippen molar-refractivity contribution in [1.29, 1.82) is 0 Å². The van der Waals surface area contributed by atoms with Crippen LogP contribution >= 0.6 is 0 Å². The molecule has 37 heavy (non-hydrogen) atoms. The molecular formula is C25H24FN9O2. The number of rotatable bonds is 8. The Labute approximate surface area is 210 Å². The maximum Gasteiger partial charge on any atom is 0.317 e. The molecule has 0 radical (unpaired) electrons. The van der Waals surface area contributed by atoms with Crippen LogP contribution in [0.4, 0.5) is 15.8 Å². The molecule has 1 amide bonds. The summed E-state index contributed by atoms with van der Waals surface area (Å²) in [4.78, 5) is 22.2. The summed E-state index contributed by atoms with van der Waals surface area (Å²) in [7, 11) is 1.70. The number of carbonyl (C=O) groups is 1. The molecular weight excluding hydrogens is 477 g/mol. The van der Waals surface area contributed by atoms with Crippen LogP contribution in [-0.4, -0.2) is 48.4 Å². The Morgan fingerprint density at radius 1 is 1.19 bits per heavy atom. The lowest BCUT2D eigenvalue weighted by atomic mass is 10.1. The molecule has 0 saturated heterocycles. The van der Waals surface area contributed by atoms with Crippen molar-refractivity contribution in [3.8, 4) is 6.01 Å². The van der Waals surface area contributed by atoms with Crippen molar-refractivity contribution >= 4 is 39.1 Å². The first kappa shape index (κ1) is 24.0. The molecule has 5 aromatic rings. The van der Waals surface area contributed by atoms with Gasteiger partial charge in [-0.05, 0) is 37.3 Å². The number of fused-ring (bicyclic) bond motifs is 2. The first-order chi connectivity index (χ1) is 17.9. The highest BCUT2D eigenvalue weighted by atomic mass is 19.1. The lowest BCUT2D eigenvalue weighted by Crippen LogP contribution is -2.25. The van der Waals surface area contributed by atoms with Crippen LogP contribution in [0.1, 0.15) is 22.8 Å². The van der Waals surface area contributed by atoms with E-state index in [0.717, 1.165) is 11.3 Å². The highest BCUT2D eigenvalue weighted by Gasteiger charge is 2.18. The van der Waals surface area contributed by atoms with Crippen molar-refractivity contribution < 1.29 is 13.9 Å². The third kappa shape index (κ3) is 5.28. The number of aromatic nitrogens is 6. The number of hydrogen-bond donors (Lipinski definition) is 3. The minimum absolute atomic E-state index is 0.0885. The van der Waals surface area contributed by atoms with Gasteiger partial charge in [-0.15, -0.1) is 0 Å². The molecule has 0 aliphatic carbocycles. The number of aryl methyl sites for hydroxylation is 1. The van der Waals surface area contributed by atoms with E-state index >= 15 is 0 Å². The first-order valence-electron chi connectivity index (χ1n) is 11.5. The molecule has 188 valence electrons. The second kappa shape index (κ2) is 10.1. The summed E-state index contributed by atoms with van der Waals surface area (Å²) in [6.07, 6.45) is 6.40. The van der Waals surface area contributed by atoms with Crippen molar-refractivity contribution in [2.75, 3.05) is 17.2 Å². The van der Waals surface area contributed by atoms with E-state index < -0.39 is 11.7 Å². The average molecular weight is 502 g/mol. The van der Waals surface area contributed by atoms with Crippen LogP contribution in [0, 0.1) is 5.82 Å². The van der Waals surface area contributed by atoms with Crippen LogP contribution in [0.15, 0.2) is 55.1 Å². The van der Waals surface area contributed by atoms with Crippen molar-refractivity contribution in [3.63, 3.8) is 0 Å². The molecule has 0 fully saturated rings. The summed E-state index contributed by atoms with van der Waals surface area (Å²) in [5.74, 6) is -0.994. The monoisotopic (exact) mass is 501 g/mol. The molecule has 0 aliphatic heterocycles. The van der Waals surface area contributed by atoms with Gasteiger partial charge < -0.3 is 21.1 Å². The Bertz CT molecular complexity index is 1590. The van der Waals surface area contributed by atoms with E-state index in [4.69, 9.17) is 10.5 Å². The summed E-state index contributed by atoms with van der Waals surface area (Å²) in [6.45, 7) is 2.57. The molecule has 2 aromatic carbocycles. The van der Waals surface area contributed by atoms with E-state index in [1.807, 2.05) is 6.92 Å². The second-order valence-electron chi connectivity index (χ2n) is 8.63. The number of nitrogens with two attached hydrogens (primary N) is 1. The molecule has 5 rings (SSSR count). The van der Waals surface area contributed by atoms with Gasteiger partial charge in [-0.25, -0.2) is 9.37 Å². The van der Waals surface area contributed by atoms with E-state index in [0.29, 0.717) is 28.5 Å². The maximum absolute atomic E-state index is 14.6. The molecule has 0 spiro atoms. The quantitative estimate of drug-likeness (QED) is 0.292. The number of nitrogens with one attached hydrogen (secondary N) is 2. The van der Waals surface area contributed by atoms with Crippen LogP contribution in [0.25, 0.3) is 21.8 Å². The minimum atomic E-state index is -0.530. The third-order valence-corrected chi connectivity index (χ3v) is 5.54. The Kier molecular flexibility index (Phi) is 6.56. The normalized spacial score (nSPS) is 12.0. The van der Waals surface area contributed by atoms with Gasteiger partial charge in [0.25, 0.3) is 5.91 Å². The molecule has 3 heterocycles. The molecule has 0 aliphatic rings. The largest absolute Gasteiger partial charge is 0.459 e. The number of ether oxygens (including phenoxy) is 1. The first-order valence-corrected chi connectivity index (χ1v) is 11.5. The van der Waals surface area contributed by atoms with E-state index in [1.54, 1.807) is 56.1 Å². The fourth-order valence-electron chi connectivity index (χ4n) is 3.82. The van der Waals surface area contributed by atoms with Gasteiger partial charge in [-0.3, -0.25) is 9.48 Å². The minimum Gasteiger partial charge on any atom is -0.459 e. The zero-order valence-electron chi connectivity index (χ0n) is 20.1. The van der Waals surface area contributed by atoms with Gasteiger partial charge in [0.1, 0.15) is 12.1 Å². The van der Waals surface area contributed by atoms with Crippen LogP contribution in [-0.2, 0) is 13.7 Å². The SMILES string of the molecule is C[C@H](N)CNc1ccc(C(=O)Nc2cc(F)c3nn(C)cc3c2)c2nc(OCc3ccnnc3)ncc12. The Morgan fingerprint density at radius 2 is 2.05 bits per heavy atom. The molecule has 3 aromatic heterocycles. The highest BCUT2D eigenvalue weighted by Crippen LogP contribution is 2.28. The molecule has 12 heteroatoms. The fraction of sp³-hybridized carbons (Fsp3) is 0.200. The highest BCUT2D eigenvalue weighted by molar-refractivity contribution is 6.14. The lowest BCUT2D eigenvalue weighted by molar-refractivity contribution is 0.102. The number of carbonyl (C=O) groups excluding carboxylic acids is 1. The van der Waals surface area contributed by atoms with Gasteiger partial charge in [-0.2, -0.15) is 20.3 Å². The van der Waals surface area contributed by atoms with E-state index in [2.05, 4.69) is 35.9 Å². The van der Waals surface area contributed by atoms with Crippen LogP contribution in [0.5, 0.6) is 6.01 Å². The number of amides is 1. The third-order valence-electron chi connectivity index (χ3n) is 5.54. The summed E-state index contributed by atoms with van der Waals surface area (Å²) >= 11 is 0. The number of hydrogen-bond acceptors (Lipinski definition) is 9. The molecule has 1 atom stereocenters. The topological polar surface area (TPSA) is 146 Å². The number of anilines is 2. The Balaban J connectivity index is 1.49. The molecule has 4 N–H and O–H groups in total. The van der Waals surface area contributed by atoms with Gasteiger partial charge in [0.2, 0.25) is 0 Å². The smallest absolute Gasteiger partial charge is 0.317 e.